The highest BCUT2D eigenvalue weighted by atomic mass is 16.5. The molecule has 1 aromatic heterocycles. The number of aryl methyl sites for hydroxylation is 1. The fourth-order valence-electron chi connectivity index (χ4n) is 2.88. The lowest BCUT2D eigenvalue weighted by molar-refractivity contribution is 0.0951. The summed E-state index contributed by atoms with van der Waals surface area (Å²) in [5.41, 5.74) is 4.08. The Kier molecular flexibility index (Phi) is 6.63. The highest BCUT2D eigenvalue weighted by molar-refractivity contribution is 5.94. The zero-order chi connectivity index (χ0) is 19.8. The summed E-state index contributed by atoms with van der Waals surface area (Å²) in [6, 6.07) is 19.5. The first-order valence-electron chi connectivity index (χ1n) is 9.31. The maximum absolute atomic E-state index is 12.5. The summed E-state index contributed by atoms with van der Waals surface area (Å²) in [5, 5.41) is 6.25. The molecular weight excluding hydrogens is 350 g/mol. The molecule has 0 aliphatic carbocycles. The third-order valence-electron chi connectivity index (χ3n) is 4.60. The molecule has 5 heteroatoms. The maximum atomic E-state index is 12.5. The van der Waals surface area contributed by atoms with Crippen molar-refractivity contribution in [3.63, 3.8) is 0 Å². The summed E-state index contributed by atoms with van der Waals surface area (Å²) in [4.78, 5) is 16.8. The number of carbonyl (C=O) groups is 1. The summed E-state index contributed by atoms with van der Waals surface area (Å²) in [7, 11) is 1.66. The van der Waals surface area contributed by atoms with Crippen LogP contribution in [0.3, 0.4) is 0 Å². The van der Waals surface area contributed by atoms with E-state index >= 15 is 0 Å². The number of hydrogen-bond acceptors (Lipinski definition) is 4. The van der Waals surface area contributed by atoms with Crippen molar-refractivity contribution in [2.24, 2.45) is 0 Å². The largest absolute Gasteiger partial charge is 0.497 e. The van der Waals surface area contributed by atoms with Gasteiger partial charge in [-0.2, -0.15) is 0 Å². The molecule has 3 rings (SSSR count). The molecule has 0 bridgehead atoms. The Balaban J connectivity index is 1.52. The first-order chi connectivity index (χ1) is 13.7. The fraction of sp³-hybridized carbons (Fsp3) is 0.217. The van der Waals surface area contributed by atoms with Gasteiger partial charge in [-0.25, -0.2) is 4.98 Å². The molecule has 0 unspecified atom stereocenters. The van der Waals surface area contributed by atoms with Crippen LogP contribution in [-0.4, -0.2) is 24.5 Å². The Hall–Kier alpha value is -3.34. The van der Waals surface area contributed by atoms with Gasteiger partial charge in [0.2, 0.25) is 0 Å². The number of methoxy groups -OCH3 is 1. The minimum atomic E-state index is -0.108. The molecule has 0 saturated heterocycles. The molecule has 5 nitrogen and oxygen atoms in total. The number of hydrogen-bond donors (Lipinski definition) is 2. The molecule has 1 amide bonds. The third-order valence-corrected chi connectivity index (χ3v) is 4.60. The van der Waals surface area contributed by atoms with Gasteiger partial charge in [-0.05, 0) is 54.3 Å². The monoisotopic (exact) mass is 375 g/mol. The molecule has 0 spiro atoms. The molecule has 0 radical (unpaired) electrons. The zero-order valence-corrected chi connectivity index (χ0v) is 16.2. The summed E-state index contributed by atoms with van der Waals surface area (Å²) in [5.74, 6) is 1.43. The van der Waals surface area contributed by atoms with Crippen molar-refractivity contribution >= 4 is 11.7 Å². The fourth-order valence-corrected chi connectivity index (χ4v) is 2.88. The van der Waals surface area contributed by atoms with E-state index in [0.29, 0.717) is 17.9 Å². The summed E-state index contributed by atoms with van der Waals surface area (Å²) in [6.07, 6.45) is 2.51. The van der Waals surface area contributed by atoms with Gasteiger partial charge >= 0.3 is 0 Å². The van der Waals surface area contributed by atoms with Crippen molar-refractivity contribution in [3.05, 3.63) is 89.1 Å². The van der Waals surface area contributed by atoms with Gasteiger partial charge in [0, 0.05) is 24.8 Å². The molecule has 2 aromatic carbocycles. The smallest absolute Gasteiger partial charge is 0.251 e. The molecule has 0 aliphatic heterocycles. The standard InChI is InChI=1S/C23H25N3O2/c1-17-5-3-4-6-20(17)16-26-23(27)19-12-14-25-22(15-19)24-13-11-18-7-9-21(28-2)10-8-18/h3-10,12,14-15H,11,13,16H2,1-2H3,(H,24,25)(H,26,27). The second-order valence-corrected chi connectivity index (χ2v) is 6.56. The number of nitrogens with zero attached hydrogens (tertiary/aromatic N) is 1. The number of amides is 1. The molecule has 0 atom stereocenters. The van der Waals surface area contributed by atoms with E-state index in [-0.39, 0.29) is 5.91 Å². The number of pyridine rings is 1. The van der Waals surface area contributed by atoms with Crippen LogP contribution < -0.4 is 15.4 Å². The number of benzene rings is 2. The Labute approximate surface area is 165 Å². The molecular formula is C23H25N3O2. The van der Waals surface area contributed by atoms with Crippen LogP contribution in [0.2, 0.25) is 0 Å². The van der Waals surface area contributed by atoms with Gasteiger partial charge in [0.05, 0.1) is 7.11 Å². The molecule has 3 aromatic rings. The van der Waals surface area contributed by atoms with Gasteiger partial charge < -0.3 is 15.4 Å². The average Bonchev–Trinajstić information content (AvgIpc) is 2.74. The zero-order valence-electron chi connectivity index (χ0n) is 16.2. The number of carbonyl (C=O) groups excluding carboxylic acids is 1. The van der Waals surface area contributed by atoms with Crippen molar-refractivity contribution in [1.29, 1.82) is 0 Å². The lowest BCUT2D eigenvalue weighted by atomic mass is 10.1. The number of ether oxygens (including phenoxy) is 1. The quantitative estimate of drug-likeness (QED) is 0.625. The van der Waals surface area contributed by atoms with Crippen molar-refractivity contribution < 1.29 is 9.53 Å². The second kappa shape index (κ2) is 9.55. The first kappa shape index (κ1) is 19.4. The van der Waals surface area contributed by atoms with E-state index in [2.05, 4.69) is 15.6 Å². The van der Waals surface area contributed by atoms with Crippen LogP contribution in [0.15, 0.2) is 66.9 Å². The SMILES string of the molecule is COc1ccc(CCNc2cc(C(=O)NCc3ccccc3C)ccn2)cc1. The number of rotatable bonds is 8. The Morgan fingerprint density at radius 1 is 1.07 bits per heavy atom. The van der Waals surface area contributed by atoms with E-state index in [9.17, 15) is 4.79 Å². The van der Waals surface area contributed by atoms with Crippen LogP contribution in [0.1, 0.15) is 27.0 Å². The van der Waals surface area contributed by atoms with Crippen LogP contribution >= 0.6 is 0 Å². The van der Waals surface area contributed by atoms with E-state index in [1.807, 2.05) is 55.5 Å². The molecule has 28 heavy (non-hydrogen) atoms. The predicted molar refractivity (Wildman–Crippen MR) is 112 cm³/mol. The van der Waals surface area contributed by atoms with Gasteiger partial charge in [-0.1, -0.05) is 36.4 Å². The van der Waals surface area contributed by atoms with Crippen LogP contribution in [0.4, 0.5) is 5.82 Å². The van der Waals surface area contributed by atoms with Gasteiger partial charge in [0.15, 0.2) is 0 Å². The second-order valence-electron chi connectivity index (χ2n) is 6.56. The first-order valence-corrected chi connectivity index (χ1v) is 9.31. The lowest BCUT2D eigenvalue weighted by Crippen LogP contribution is -2.23. The summed E-state index contributed by atoms with van der Waals surface area (Å²) in [6.45, 7) is 3.28. The lowest BCUT2D eigenvalue weighted by Gasteiger charge is -2.10. The van der Waals surface area contributed by atoms with Gasteiger partial charge in [-0.3, -0.25) is 4.79 Å². The van der Waals surface area contributed by atoms with Crippen LogP contribution in [-0.2, 0) is 13.0 Å². The Bertz CT molecular complexity index is 923. The van der Waals surface area contributed by atoms with Crippen molar-refractivity contribution in [2.75, 3.05) is 19.0 Å². The predicted octanol–water partition coefficient (Wildman–Crippen LogP) is 3.98. The number of anilines is 1. The average molecular weight is 375 g/mol. The topological polar surface area (TPSA) is 63.2 Å². The minimum Gasteiger partial charge on any atom is -0.497 e. The molecule has 144 valence electrons. The highest BCUT2D eigenvalue weighted by Crippen LogP contribution is 2.13. The molecule has 0 fully saturated rings. The van der Waals surface area contributed by atoms with Crippen LogP contribution in [0, 0.1) is 6.92 Å². The third kappa shape index (κ3) is 5.33. The van der Waals surface area contributed by atoms with Crippen LogP contribution in [0.5, 0.6) is 5.75 Å². The van der Waals surface area contributed by atoms with Crippen molar-refractivity contribution in [3.8, 4) is 5.75 Å². The highest BCUT2D eigenvalue weighted by Gasteiger charge is 2.07. The maximum Gasteiger partial charge on any atom is 0.251 e. The van der Waals surface area contributed by atoms with Crippen molar-refractivity contribution in [1.82, 2.24) is 10.3 Å². The van der Waals surface area contributed by atoms with Gasteiger partial charge in [0.25, 0.3) is 5.91 Å². The normalized spacial score (nSPS) is 10.4. The van der Waals surface area contributed by atoms with Gasteiger partial charge in [-0.15, -0.1) is 0 Å². The van der Waals surface area contributed by atoms with Gasteiger partial charge in [0.1, 0.15) is 11.6 Å². The van der Waals surface area contributed by atoms with Crippen LogP contribution in [0.25, 0.3) is 0 Å². The summed E-state index contributed by atoms with van der Waals surface area (Å²) < 4.78 is 5.17. The van der Waals surface area contributed by atoms with E-state index in [0.717, 1.165) is 24.3 Å². The van der Waals surface area contributed by atoms with E-state index in [1.165, 1.54) is 11.1 Å². The Morgan fingerprint density at radius 3 is 2.61 bits per heavy atom. The Morgan fingerprint density at radius 2 is 1.86 bits per heavy atom. The molecule has 0 saturated carbocycles. The van der Waals surface area contributed by atoms with Crippen molar-refractivity contribution in [2.45, 2.75) is 19.9 Å². The van der Waals surface area contributed by atoms with E-state index in [1.54, 1.807) is 25.4 Å². The minimum absolute atomic E-state index is 0.108. The van der Waals surface area contributed by atoms with E-state index < -0.39 is 0 Å². The summed E-state index contributed by atoms with van der Waals surface area (Å²) >= 11 is 0. The molecule has 2 N–H and O–H groups in total. The number of aromatic nitrogens is 1. The molecule has 0 aliphatic rings. The van der Waals surface area contributed by atoms with E-state index in [4.69, 9.17) is 4.74 Å². The number of nitrogens with one attached hydrogen (secondary N) is 2. The molecule has 1 heterocycles.